The van der Waals surface area contributed by atoms with Crippen LogP contribution in [-0.2, 0) is 22.7 Å². The Morgan fingerprint density at radius 2 is 1.91 bits per heavy atom. The van der Waals surface area contributed by atoms with Crippen LogP contribution >= 0.6 is 11.3 Å². The molecule has 0 bridgehead atoms. The van der Waals surface area contributed by atoms with Crippen molar-refractivity contribution < 1.29 is 17.4 Å². The highest BCUT2D eigenvalue weighted by atomic mass is 32.2. The van der Waals surface area contributed by atoms with Crippen LogP contribution in [0.25, 0.3) is 10.3 Å². The average molecular weight is 342 g/mol. The number of hydrogen-bond acceptors (Lipinski definition) is 4. The first-order valence-corrected chi connectivity index (χ1v) is 8.33. The molecule has 3 nitrogen and oxygen atoms in total. The first-order valence-electron chi connectivity index (χ1n) is 6.19. The number of halogens is 3. The maximum atomic E-state index is 12.7. The van der Waals surface area contributed by atoms with E-state index in [9.17, 15) is 17.4 Å². The molecule has 0 N–H and O–H groups in total. The van der Waals surface area contributed by atoms with E-state index < -0.39 is 22.5 Å². The predicted molar refractivity (Wildman–Crippen MR) is 79.0 cm³/mol. The standard InChI is InChI=1S/C14H9F3N2OS2/c15-14(16,17)10-6-11-12(18-7-10)19-13(21-11)22(20)8-9-4-2-1-3-5-9/h1-7H,8H2/t22-/m1/s1. The van der Waals surface area contributed by atoms with Crippen molar-refractivity contribution in [2.24, 2.45) is 0 Å². The Morgan fingerprint density at radius 3 is 2.59 bits per heavy atom. The summed E-state index contributed by atoms with van der Waals surface area (Å²) in [6.07, 6.45) is -3.71. The summed E-state index contributed by atoms with van der Waals surface area (Å²) >= 11 is 0.981. The fourth-order valence-electron chi connectivity index (χ4n) is 1.84. The van der Waals surface area contributed by atoms with Crippen LogP contribution < -0.4 is 0 Å². The molecule has 0 saturated carbocycles. The fourth-order valence-corrected chi connectivity index (χ4v) is 4.16. The number of fused-ring (bicyclic) bond motifs is 1. The van der Waals surface area contributed by atoms with E-state index in [4.69, 9.17) is 0 Å². The Bertz CT molecular complexity index is 831. The lowest BCUT2D eigenvalue weighted by atomic mass is 10.2. The topological polar surface area (TPSA) is 42.9 Å². The van der Waals surface area contributed by atoms with Crippen LogP contribution in [0.4, 0.5) is 13.2 Å². The van der Waals surface area contributed by atoms with Crippen molar-refractivity contribution in [3.05, 3.63) is 53.7 Å². The molecule has 1 atom stereocenters. The van der Waals surface area contributed by atoms with Gasteiger partial charge in [0.1, 0.15) is 0 Å². The van der Waals surface area contributed by atoms with Crippen molar-refractivity contribution >= 4 is 32.5 Å². The molecule has 114 valence electrons. The second kappa shape index (κ2) is 5.77. The lowest BCUT2D eigenvalue weighted by Crippen LogP contribution is -2.04. The molecule has 0 radical (unpaired) electrons. The summed E-state index contributed by atoms with van der Waals surface area (Å²) < 4.78 is 50.8. The van der Waals surface area contributed by atoms with E-state index in [2.05, 4.69) is 9.97 Å². The SMILES string of the molecule is O=[S@](Cc1ccccc1)c1nc2ncc(C(F)(F)F)cc2s1. The zero-order valence-electron chi connectivity index (χ0n) is 11.0. The summed E-state index contributed by atoms with van der Waals surface area (Å²) in [5.41, 5.74) is 0.238. The number of aromatic nitrogens is 2. The molecule has 0 fully saturated rings. The molecule has 8 heteroatoms. The second-order valence-corrected chi connectivity index (χ2v) is 7.15. The zero-order valence-corrected chi connectivity index (χ0v) is 12.6. The number of rotatable bonds is 3. The summed E-state index contributed by atoms with van der Waals surface area (Å²) in [5.74, 6) is 0.271. The number of thiazole rings is 1. The second-order valence-electron chi connectivity index (χ2n) is 4.50. The average Bonchev–Trinajstić information content (AvgIpc) is 2.90. The van der Waals surface area contributed by atoms with E-state index in [1.165, 1.54) is 0 Å². The normalized spacial score (nSPS) is 13.4. The van der Waals surface area contributed by atoms with Gasteiger partial charge in [-0.05, 0) is 11.6 Å². The molecular weight excluding hydrogens is 333 g/mol. The summed E-state index contributed by atoms with van der Waals surface area (Å²) in [7, 11) is -1.41. The van der Waals surface area contributed by atoms with E-state index in [1.807, 2.05) is 30.3 Å². The number of benzene rings is 1. The molecule has 2 heterocycles. The number of pyridine rings is 1. The van der Waals surface area contributed by atoms with Gasteiger partial charge >= 0.3 is 6.18 Å². The van der Waals surface area contributed by atoms with Gasteiger partial charge in [-0.25, -0.2) is 9.97 Å². The Balaban J connectivity index is 1.90. The van der Waals surface area contributed by atoms with E-state index in [-0.39, 0.29) is 20.4 Å². The lowest BCUT2D eigenvalue weighted by Gasteiger charge is -2.04. The fraction of sp³-hybridized carbons (Fsp3) is 0.143. The van der Waals surface area contributed by atoms with Gasteiger partial charge in [-0.2, -0.15) is 13.2 Å². The highest BCUT2D eigenvalue weighted by Gasteiger charge is 2.31. The van der Waals surface area contributed by atoms with Gasteiger partial charge in [-0.1, -0.05) is 30.3 Å². The summed E-state index contributed by atoms with van der Waals surface area (Å²) in [6.45, 7) is 0. The van der Waals surface area contributed by atoms with Gasteiger partial charge in [-0.3, -0.25) is 4.21 Å². The number of nitrogens with zero attached hydrogens (tertiary/aromatic N) is 2. The lowest BCUT2D eigenvalue weighted by molar-refractivity contribution is -0.137. The van der Waals surface area contributed by atoms with Crippen molar-refractivity contribution in [1.82, 2.24) is 9.97 Å². The van der Waals surface area contributed by atoms with Crippen molar-refractivity contribution in [1.29, 1.82) is 0 Å². The molecule has 0 aliphatic carbocycles. The van der Waals surface area contributed by atoms with Crippen molar-refractivity contribution in [2.45, 2.75) is 16.3 Å². The Morgan fingerprint density at radius 1 is 1.18 bits per heavy atom. The molecule has 3 rings (SSSR count). The summed E-state index contributed by atoms with van der Waals surface area (Å²) in [4.78, 5) is 7.77. The molecule has 0 aliphatic heterocycles. The van der Waals surface area contributed by atoms with Crippen LogP contribution in [0.2, 0.25) is 0 Å². The first-order chi connectivity index (χ1) is 10.4. The summed E-state index contributed by atoms with van der Waals surface area (Å²) in [6, 6.07) is 10.2. The zero-order chi connectivity index (χ0) is 15.7. The van der Waals surface area contributed by atoms with Crippen LogP contribution in [0.5, 0.6) is 0 Å². The van der Waals surface area contributed by atoms with E-state index in [1.54, 1.807) is 0 Å². The third-order valence-electron chi connectivity index (χ3n) is 2.89. The molecule has 1 aromatic carbocycles. The third kappa shape index (κ3) is 3.17. The Kier molecular flexibility index (Phi) is 3.96. The van der Waals surface area contributed by atoms with Gasteiger partial charge in [0, 0.05) is 6.20 Å². The molecule has 2 aromatic heterocycles. The Labute approximate surface area is 130 Å². The Hall–Kier alpha value is -1.80. The van der Waals surface area contributed by atoms with Crippen LogP contribution in [-0.4, -0.2) is 14.2 Å². The van der Waals surface area contributed by atoms with Gasteiger partial charge in [-0.15, -0.1) is 11.3 Å². The van der Waals surface area contributed by atoms with E-state index in [0.717, 1.165) is 29.2 Å². The van der Waals surface area contributed by atoms with Crippen LogP contribution in [0.1, 0.15) is 11.1 Å². The minimum atomic E-state index is -4.45. The van der Waals surface area contributed by atoms with Crippen molar-refractivity contribution in [3.8, 4) is 0 Å². The van der Waals surface area contributed by atoms with Gasteiger partial charge < -0.3 is 0 Å². The molecular formula is C14H9F3N2OS2. The van der Waals surface area contributed by atoms with E-state index in [0.29, 0.717) is 0 Å². The molecule has 0 saturated heterocycles. The predicted octanol–water partition coefficient (Wildman–Crippen LogP) is 4.02. The van der Waals surface area contributed by atoms with Crippen molar-refractivity contribution in [2.75, 3.05) is 0 Å². The first kappa shape index (κ1) is 15.1. The quantitative estimate of drug-likeness (QED) is 0.722. The third-order valence-corrected chi connectivity index (χ3v) is 5.56. The molecule has 0 unspecified atom stereocenters. The largest absolute Gasteiger partial charge is 0.417 e. The highest BCUT2D eigenvalue weighted by molar-refractivity contribution is 7.86. The molecule has 22 heavy (non-hydrogen) atoms. The summed E-state index contributed by atoms with van der Waals surface area (Å²) in [5, 5.41) is 0. The van der Waals surface area contributed by atoms with Crippen LogP contribution in [0.3, 0.4) is 0 Å². The number of hydrogen-bond donors (Lipinski definition) is 0. The smallest absolute Gasteiger partial charge is 0.252 e. The maximum absolute atomic E-state index is 12.7. The monoisotopic (exact) mass is 342 g/mol. The molecule has 0 spiro atoms. The number of alkyl halides is 3. The van der Waals surface area contributed by atoms with Crippen molar-refractivity contribution in [3.63, 3.8) is 0 Å². The minimum absolute atomic E-state index is 0.189. The van der Waals surface area contributed by atoms with Gasteiger partial charge in [0.2, 0.25) is 0 Å². The van der Waals surface area contributed by atoms with Gasteiger partial charge in [0.05, 0.1) is 26.8 Å². The van der Waals surface area contributed by atoms with Gasteiger partial charge in [0.25, 0.3) is 0 Å². The van der Waals surface area contributed by atoms with E-state index >= 15 is 0 Å². The van der Waals surface area contributed by atoms with Crippen LogP contribution in [0, 0.1) is 0 Å². The highest BCUT2D eigenvalue weighted by Crippen LogP contribution is 2.32. The van der Waals surface area contributed by atoms with Crippen LogP contribution in [0.15, 0.2) is 46.9 Å². The minimum Gasteiger partial charge on any atom is -0.252 e. The molecule has 3 aromatic rings. The molecule has 0 amide bonds. The molecule has 0 aliphatic rings. The maximum Gasteiger partial charge on any atom is 0.417 e. The van der Waals surface area contributed by atoms with Gasteiger partial charge in [0.15, 0.2) is 9.99 Å².